The van der Waals surface area contributed by atoms with Crippen molar-refractivity contribution < 1.29 is 28.2 Å². The van der Waals surface area contributed by atoms with E-state index in [1.165, 1.54) is 0 Å². The predicted molar refractivity (Wildman–Crippen MR) is 106 cm³/mol. The van der Waals surface area contributed by atoms with Crippen LogP contribution < -0.4 is 10.9 Å². The van der Waals surface area contributed by atoms with E-state index in [2.05, 4.69) is 10.3 Å². The first-order chi connectivity index (χ1) is 14.1. The number of aromatic amines is 1. The molecule has 0 saturated carbocycles. The molecule has 1 heterocycles. The number of hydrogen-bond acceptors (Lipinski definition) is 4. The monoisotopic (exact) mass is 442 g/mol. The minimum atomic E-state index is -5.08. The summed E-state index contributed by atoms with van der Waals surface area (Å²) in [5.41, 5.74) is 2.53. The molecule has 4 N–H and O–H groups in total. The molecular formula is C20H18ClF3N2O4. The maximum atomic E-state index is 11.8. The lowest BCUT2D eigenvalue weighted by atomic mass is 10.1. The number of carboxylic acid groups (broad SMARTS) is 1. The molecule has 0 unspecified atom stereocenters. The molecule has 0 aliphatic rings. The van der Waals surface area contributed by atoms with Crippen LogP contribution >= 0.6 is 11.6 Å². The van der Waals surface area contributed by atoms with E-state index in [1.807, 2.05) is 36.4 Å². The molecule has 1 aromatic heterocycles. The van der Waals surface area contributed by atoms with E-state index in [0.29, 0.717) is 11.6 Å². The molecule has 160 valence electrons. The normalized spacial score (nSPS) is 12.2. The smallest absolute Gasteiger partial charge is 0.475 e. The zero-order chi connectivity index (χ0) is 22.3. The Morgan fingerprint density at radius 3 is 2.30 bits per heavy atom. The van der Waals surface area contributed by atoms with Crippen LogP contribution in [-0.4, -0.2) is 33.9 Å². The molecule has 6 nitrogen and oxygen atoms in total. The van der Waals surface area contributed by atoms with E-state index in [4.69, 9.17) is 21.5 Å². The Morgan fingerprint density at radius 1 is 1.13 bits per heavy atom. The van der Waals surface area contributed by atoms with Crippen LogP contribution in [0.2, 0.25) is 5.02 Å². The average molecular weight is 443 g/mol. The number of carbonyl (C=O) groups is 1. The first-order valence-electron chi connectivity index (χ1n) is 8.62. The highest BCUT2D eigenvalue weighted by Gasteiger charge is 2.38. The zero-order valence-corrected chi connectivity index (χ0v) is 16.2. The van der Waals surface area contributed by atoms with Gasteiger partial charge in [-0.1, -0.05) is 41.9 Å². The fourth-order valence-corrected chi connectivity index (χ4v) is 2.77. The number of para-hydroxylation sites is 1. The van der Waals surface area contributed by atoms with Crippen molar-refractivity contribution in [3.63, 3.8) is 0 Å². The van der Waals surface area contributed by atoms with E-state index in [9.17, 15) is 23.1 Å². The highest BCUT2D eigenvalue weighted by Crippen LogP contribution is 2.19. The molecule has 30 heavy (non-hydrogen) atoms. The summed E-state index contributed by atoms with van der Waals surface area (Å²) in [6, 6.07) is 16.4. The van der Waals surface area contributed by atoms with Crippen molar-refractivity contribution in [2.75, 3.05) is 6.61 Å². The van der Waals surface area contributed by atoms with Crippen LogP contribution in [0.5, 0.6) is 0 Å². The Labute approximate surface area is 173 Å². The van der Waals surface area contributed by atoms with Crippen LogP contribution in [0.3, 0.4) is 0 Å². The summed E-state index contributed by atoms with van der Waals surface area (Å²) in [4.78, 5) is 23.5. The molecule has 0 bridgehead atoms. The molecule has 0 aliphatic heterocycles. The van der Waals surface area contributed by atoms with Gasteiger partial charge in [0.05, 0.1) is 12.6 Å². The van der Waals surface area contributed by atoms with Gasteiger partial charge < -0.3 is 20.5 Å². The zero-order valence-electron chi connectivity index (χ0n) is 15.4. The molecule has 10 heteroatoms. The van der Waals surface area contributed by atoms with Gasteiger partial charge >= 0.3 is 12.1 Å². The van der Waals surface area contributed by atoms with Gasteiger partial charge in [0.25, 0.3) is 0 Å². The Bertz CT molecular complexity index is 1050. The van der Waals surface area contributed by atoms with Crippen LogP contribution in [0.1, 0.15) is 17.2 Å². The number of aromatic nitrogens is 1. The van der Waals surface area contributed by atoms with Gasteiger partial charge in [-0.15, -0.1) is 0 Å². The molecular weight excluding hydrogens is 425 g/mol. The van der Waals surface area contributed by atoms with Gasteiger partial charge in [0.15, 0.2) is 0 Å². The van der Waals surface area contributed by atoms with E-state index in [-0.39, 0.29) is 18.2 Å². The maximum Gasteiger partial charge on any atom is 0.490 e. The number of aliphatic hydroxyl groups excluding tert-OH is 1. The molecule has 0 radical (unpaired) electrons. The van der Waals surface area contributed by atoms with Crippen LogP contribution in [0.25, 0.3) is 10.9 Å². The number of rotatable bonds is 5. The predicted octanol–water partition coefficient (Wildman–Crippen LogP) is 3.64. The van der Waals surface area contributed by atoms with Crippen molar-refractivity contribution in [2.45, 2.75) is 18.8 Å². The van der Waals surface area contributed by atoms with Crippen molar-refractivity contribution >= 4 is 28.5 Å². The second-order valence-electron chi connectivity index (χ2n) is 6.17. The molecule has 3 aromatic rings. The molecule has 0 saturated heterocycles. The largest absolute Gasteiger partial charge is 0.490 e. The fraction of sp³-hybridized carbons (Fsp3) is 0.200. The summed E-state index contributed by atoms with van der Waals surface area (Å²) < 4.78 is 31.7. The number of halogens is 4. The second-order valence-corrected chi connectivity index (χ2v) is 6.61. The van der Waals surface area contributed by atoms with Gasteiger partial charge in [-0.25, -0.2) is 4.79 Å². The minimum absolute atomic E-state index is 0.0389. The lowest BCUT2D eigenvalue weighted by Crippen LogP contribution is -2.24. The van der Waals surface area contributed by atoms with Crippen LogP contribution in [-0.2, 0) is 11.3 Å². The number of H-pyrrole nitrogens is 1. The number of pyridine rings is 1. The van der Waals surface area contributed by atoms with E-state index in [0.717, 1.165) is 22.0 Å². The van der Waals surface area contributed by atoms with Crippen molar-refractivity contribution in [3.05, 3.63) is 81.1 Å². The highest BCUT2D eigenvalue weighted by atomic mass is 35.5. The quantitative estimate of drug-likeness (QED) is 0.483. The van der Waals surface area contributed by atoms with Gasteiger partial charge in [-0.05, 0) is 29.3 Å². The number of carboxylic acids is 1. The van der Waals surface area contributed by atoms with Gasteiger partial charge in [-0.3, -0.25) is 4.79 Å². The average Bonchev–Trinajstić information content (AvgIpc) is 2.69. The third kappa shape index (κ3) is 6.58. The number of benzene rings is 2. The number of nitrogens with one attached hydrogen (secondary N) is 2. The first kappa shape index (κ1) is 23.4. The number of alkyl halides is 3. The third-order valence-corrected chi connectivity index (χ3v) is 4.32. The Balaban J connectivity index is 0.000000396. The number of hydrogen-bond donors (Lipinski definition) is 4. The lowest BCUT2D eigenvalue weighted by Gasteiger charge is -2.17. The van der Waals surface area contributed by atoms with Crippen LogP contribution in [0, 0.1) is 0 Å². The molecule has 3 rings (SSSR count). The lowest BCUT2D eigenvalue weighted by molar-refractivity contribution is -0.192. The number of aliphatic carboxylic acids is 1. The summed E-state index contributed by atoms with van der Waals surface area (Å²) >= 11 is 5.89. The number of fused-ring (bicyclic) bond motifs is 1. The van der Waals surface area contributed by atoms with Gasteiger partial charge in [0, 0.05) is 28.5 Å². The van der Waals surface area contributed by atoms with Crippen molar-refractivity contribution in [1.82, 2.24) is 10.3 Å². The summed E-state index contributed by atoms with van der Waals surface area (Å²) in [6.07, 6.45) is -5.08. The second kappa shape index (κ2) is 10.2. The number of aliphatic hydroxyl groups is 1. The molecule has 0 fully saturated rings. The van der Waals surface area contributed by atoms with Crippen molar-refractivity contribution in [1.29, 1.82) is 0 Å². The fourth-order valence-electron chi connectivity index (χ4n) is 2.64. The molecule has 0 amide bonds. The molecule has 0 aliphatic carbocycles. The van der Waals surface area contributed by atoms with Gasteiger partial charge in [-0.2, -0.15) is 13.2 Å². The molecule has 0 spiro atoms. The Morgan fingerprint density at radius 2 is 1.73 bits per heavy atom. The first-order valence-corrected chi connectivity index (χ1v) is 9.00. The van der Waals surface area contributed by atoms with E-state index >= 15 is 0 Å². The molecule has 1 atom stereocenters. The standard InChI is InChI=1S/C18H17ClN2O2.C2HF3O2/c19-14-7-5-12(6-8-14)17(11-22)20-10-13-9-18(23)21-16-4-2-1-3-15(13)16;3-2(4,5)1(6)7/h1-9,17,20,22H,10-11H2,(H,21,23);(H,6,7)/t17-;/m0./s1. The van der Waals surface area contributed by atoms with Crippen molar-refractivity contribution in [2.24, 2.45) is 0 Å². The Kier molecular flexibility index (Phi) is 7.99. The van der Waals surface area contributed by atoms with E-state index in [1.54, 1.807) is 18.2 Å². The van der Waals surface area contributed by atoms with Crippen LogP contribution in [0.4, 0.5) is 13.2 Å². The SMILES string of the molecule is O=C(O)C(F)(F)F.O=c1cc(CN[C@@H](CO)c2ccc(Cl)cc2)c2ccccc2[nH]1. The summed E-state index contributed by atoms with van der Waals surface area (Å²) in [7, 11) is 0. The summed E-state index contributed by atoms with van der Waals surface area (Å²) in [5.74, 6) is -2.76. The van der Waals surface area contributed by atoms with Crippen LogP contribution in [0.15, 0.2) is 59.4 Å². The highest BCUT2D eigenvalue weighted by molar-refractivity contribution is 6.30. The van der Waals surface area contributed by atoms with E-state index < -0.39 is 12.1 Å². The summed E-state index contributed by atoms with van der Waals surface area (Å²) in [6.45, 7) is 0.445. The topological polar surface area (TPSA) is 102 Å². The van der Waals surface area contributed by atoms with Gasteiger partial charge in [0.1, 0.15) is 0 Å². The summed E-state index contributed by atoms with van der Waals surface area (Å²) in [5, 5.41) is 21.7. The molecule has 2 aromatic carbocycles. The Hall–Kier alpha value is -2.88. The maximum absolute atomic E-state index is 11.8. The third-order valence-electron chi connectivity index (χ3n) is 4.07. The minimum Gasteiger partial charge on any atom is -0.475 e. The van der Waals surface area contributed by atoms with Gasteiger partial charge in [0.2, 0.25) is 5.56 Å². The van der Waals surface area contributed by atoms with Crippen molar-refractivity contribution in [3.8, 4) is 0 Å².